The highest BCUT2D eigenvalue weighted by Crippen LogP contribution is 2.26. The van der Waals surface area contributed by atoms with E-state index < -0.39 is 11.9 Å². The Bertz CT molecular complexity index is 917. The fourth-order valence-electron chi connectivity index (χ4n) is 2.26. The van der Waals surface area contributed by atoms with Crippen LogP contribution in [0.15, 0.2) is 53.7 Å². The van der Waals surface area contributed by atoms with Crippen molar-refractivity contribution in [3.8, 4) is 17.2 Å². The Labute approximate surface area is 157 Å². The van der Waals surface area contributed by atoms with Crippen molar-refractivity contribution in [2.24, 2.45) is 0 Å². The van der Waals surface area contributed by atoms with Gasteiger partial charge in [0.1, 0.15) is 11.5 Å². The molecule has 140 valence electrons. The lowest BCUT2D eigenvalue weighted by molar-refractivity contribution is -0.0498. The SMILES string of the molecule is C[C@H](Sc1nnnn1-c1ccc(O)cc1)C(=O)c1ccc(OC(F)F)cc1. The Morgan fingerprint density at radius 1 is 1.15 bits per heavy atom. The van der Waals surface area contributed by atoms with Crippen LogP contribution < -0.4 is 4.74 Å². The maximum atomic E-state index is 12.6. The Hall–Kier alpha value is -3.01. The molecule has 27 heavy (non-hydrogen) atoms. The molecule has 0 aliphatic carbocycles. The summed E-state index contributed by atoms with van der Waals surface area (Å²) in [4.78, 5) is 12.6. The number of tetrazole rings is 1. The molecule has 0 saturated heterocycles. The summed E-state index contributed by atoms with van der Waals surface area (Å²) < 4.78 is 30.1. The van der Waals surface area contributed by atoms with Crippen molar-refractivity contribution >= 4 is 17.5 Å². The van der Waals surface area contributed by atoms with Gasteiger partial charge in [0, 0.05) is 5.56 Å². The lowest BCUT2D eigenvalue weighted by Crippen LogP contribution is -2.14. The van der Waals surface area contributed by atoms with Gasteiger partial charge in [0.05, 0.1) is 10.9 Å². The molecule has 0 bridgehead atoms. The van der Waals surface area contributed by atoms with Crippen LogP contribution in [0.1, 0.15) is 17.3 Å². The predicted molar refractivity (Wildman–Crippen MR) is 93.5 cm³/mol. The molecule has 0 amide bonds. The van der Waals surface area contributed by atoms with Crippen molar-refractivity contribution < 1.29 is 23.4 Å². The van der Waals surface area contributed by atoms with E-state index >= 15 is 0 Å². The first-order valence-electron chi connectivity index (χ1n) is 7.77. The van der Waals surface area contributed by atoms with Crippen molar-refractivity contribution in [3.63, 3.8) is 0 Å². The molecule has 0 aliphatic heterocycles. The molecular formula is C17H14F2N4O3S. The average Bonchev–Trinajstić information content (AvgIpc) is 3.10. The number of carbonyl (C=O) groups is 1. The van der Waals surface area contributed by atoms with Crippen LogP contribution in [0.5, 0.6) is 11.5 Å². The number of ether oxygens (including phenoxy) is 1. The minimum absolute atomic E-state index is 0.0156. The Balaban J connectivity index is 1.72. The first kappa shape index (κ1) is 18.8. The van der Waals surface area contributed by atoms with Crippen LogP contribution in [-0.4, -0.2) is 43.0 Å². The number of alkyl halides is 2. The normalized spacial score (nSPS) is 12.1. The summed E-state index contributed by atoms with van der Waals surface area (Å²) in [7, 11) is 0. The molecule has 0 fully saturated rings. The van der Waals surface area contributed by atoms with E-state index in [0.29, 0.717) is 16.4 Å². The topological polar surface area (TPSA) is 90.1 Å². The molecule has 10 heteroatoms. The van der Waals surface area contributed by atoms with Gasteiger partial charge < -0.3 is 9.84 Å². The molecule has 2 aromatic carbocycles. The molecule has 0 unspecified atom stereocenters. The third kappa shape index (κ3) is 4.59. The zero-order valence-corrected chi connectivity index (χ0v) is 14.8. The number of carbonyl (C=O) groups excluding carboxylic acids is 1. The zero-order chi connectivity index (χ0) is 19.4. The van der Waals surface area contributed by atoms with E-state index in [1.54, 1.807) is 19.1 Å². The highest BCUT2D eigenvalue weighted by molar-refractivity contribution is 8.00. The lowest BCUT2D eigenvalue weighted by Gasteiger charge is -2.11. The van der Waals surface area contributed by atoms with E-state index in [1.807, 2.05) is 0 Å². The van der Waals surface area contributed by atoms with Crippen molar-refractivity contribution in [1.82, 2.24) is 20.2 Å². The number of nitrogens with zero attached hydrogens (tertiary/aromatic N) is 4. The van der Waals surface area contributed by atoms with E-state index in [9.17, 15) is 18.7 Å². The van der Waals surface area contributed by atoms with Gasteiger partial charge in [-0.05, 0) is 65.9 Å². The van der Waals surface area contributed by atoms with Gasteiger partial charge >= 0.3 is 6.61 Å². The van der Waals surface area contributed by atoms with Crippen LogP contribution in [0.25, 0.3) is 5.69 Å². The summed E-state index contributed by atoms with van der Waals surface area (Å²) in [5.41, 5.74) is 0.994. The number of aromatic nitrogens is 4. The van der Waals surface area contributed by atoms with E-state index in [4.69, 9.17) is 0 Å². The number of rotatable bonds is 7. The number of hydrogen-bond donors (Lipinski definition) is 1. The second-order valence-corrected chi connectivity index (χ2v) is 6.72. The first-order chi connectivity index (χ1) is 12.9. The molecule has 0 saturated carbocycles. The maximum absolute atomic E-state index is 12.6. The molecule has 0 spiro atoms. The highest BCUT2D eigenvalue weighted by atomic mass is 32.2. The summed E-state index contributed by atoms with van der Waals surface area (Å²) in [6.45, 7) is -1.22. The monoisotopic (exact) mass is 392 g/mol. The molecular weight excluding hydrogens is 378 g/mol. The minimum atomic E-state index is -2.92. The zero-order valence-electron chi connectivity index (χ0n) is 14.0. The van der Waals surface area contributed by atoms with Crippen LogP contribution in [0.3, 0.4) is 0 Å². The van der Waals surface area contributed by atoms with Crippen LogP contribution in [0.2, 0.25) is 0 Å². The average molecular weight is 392 g/mol. The molecule has 1 aromatic heterocycles. The van der Waals surface area contributed by atoms with Crippen LogP contribution in [0, 0.1) is 0 Å². The summed E-state index contributed by atoms with van der Waals surface area (Å²) in [5, 5.41) is 20.7. The minimum Gasteiger partial charge on any atom is -0.508 e. The molecule has 0 aliphatic rings. The smallest absolute Gasteiger partial charge is 0.387 e. The number of ketones is 1. The number of Topliss-reactive ketones (excluding diaryl/α,β-unsaturated/α-hetero) is 1. The van der Waals surface area contributed by atoms with E-state index in [1.165, 1.54) is 41.1 Å². The third-order valence-corrected chi connectivity index (χ3v) is 4.58. The van der Waals surface area contributed by atoms with Gasteiger partial charge in [0.25, 0.3) is 0 Å². The van der Waals surface area contributed by atoms with Crippen molar-refractivity contribution in [2.75, 3.05) is 0 Å². The third-order valence-electron chi connectivity index (χ3n) is 3.55. The van der Waals surface area contributed by atoms with Crippen LogP contribution >= 0.6 is 11.8 Å². The second-order valence-electron chi connectivity index (χ2n) is 5.42. The summed E-state index contributed by atoms with van der Waals surface area (Å²) in [6.07, 6.45) is 0. The number of phenols is 1. The fourth-order valence-corrected chi connectivity index (χ4v) is 3.14. The predicted octanol–water partition coefficient (Wildman–Crippen LogP) is 3.33. The summed E-state index contributed by atoms with van der Waals surface area (Å²) >= 11 is 1.16. The van der Waals surface area contributed by atoms with Gasteiger partial charge in [-0.2, -0.15) is 13.5 Å². The number of benzene rings is 2. The Kier molecular flexibility index (Phi) is 5.65. The van der Waals surface area contributed by atoms with E-state index in [-0.39, 0.29) is 17.3 Å². The molecule has 3 aromatic rings. The molecule has 1 heterocycles. The van der Waals surface area contributed by atoms with Gasteiger partial charge in [-0.15, -0.1) is 5.10 Å². The maximum Gasteiger partial charge on any atom is 0.387 e. The Morgan fingerprint density at radius 2 is 1.81 bits per heavy atom. The fraction of sp³-hybridized carbons (Fsp3) is 0.176. The van der Waals surface area contributed by atoms with Crippen LogP contribution in [-0.2, 0) is 0 Å². The first-order valence-corrected chi connectivity index (χ1v) is 8.65. The Morgan fingerprint density at radius 3 is 2.44 bits per heavy atom. The van der Waals surface area contributed by atoms with Crippen molar-refractivity contribution in [3.05, 3.63) is 54.1 Å². The van der Waals surface area contributed by atoms with Gasteiger partial charge in [-0.1, -0.05) is 11.8 Å². The highest BCUT2D eigenvalue weighted by Gasteiger charge is 2.21. The standard InChI is InChI=1S/C17H14F2N4O3S/c1-10(15(25)11-2-8-14(9-3-11)26-16(18)19)27-17-20-21-22-23(17)12-4-6-13(24)7-5-12/h2-10,16,24H,1H3/t10-/m0/s1. The molecule has 3 rings (SSSR count). The van der Waals surface area contributed by atoms with Gasteiger partial charge in [-0.3, -0.25) is 4.79 Å². The number of halogens is 2. The van der Waals surface area contributed by atoms with Gasteiger partial charge in [0.2, 0.25) is 5.16 Å². The summed E-state index contributed by atoms with van der Waals surface area (Å²) in [6, 6.07) is 11.8. The second kappa shape index (κ2) is 8.12. The lowest BCUT2D eigenvalue weighted by atomic mass is 10.1. The number of hydrogen-bond acceptors (Lipinski definition) is 7. The summed E-state index contributed by atoms with van der Waals surface area (Å²) in [5.74, 6) is -0.106. The van der Waals surface area contributed by atoms with Gasteiger partial charge in [0.15, 0.2) is 5.78 Å². The molecule has 1 atom stereocenters. The molecule has 1 N–H and O–H groups in total. The van der Waals surface area contributed by atoms with Crippen molar-refractivity contribution in [1.29, 1.82) is 0 Å². The van der Waals surface area contributed by atoms with Gasteiger partial charge in [-0.25, -0.2) is 0 Å². The quantitative estimate of drug-likeness (QED) is 0.487. The number of phenolic OH excluding ortho intramolecular Hbond substituents is 1. The molecule has 0 radical (unpaired) electrons. The van der Waals surface area contributed by atoms with Crippen LogP contribution in [0.4, 0.5) is 8.78 Å². The largest absolute Gasteiger partial charge is 0.508 e. The van der Waals surface area contributed by atoms with E-state index in [2.05, 4.69) is 20.3 Å². The van der Waals surface area contributed by atoms with E-state index in [0.717, 1.165) is 11.8 Å². The number of thioether (sulfide) groups is 1. The molecule has 7 nitrogen and oxygen atoms in total. The number of aromatic hydroxyl groups is 1. The van der Waals surface area contributed by atoms with Crippen molar-refractivity contribution in [2.45, 2.75) is 23.9 Å².